The second-order valence-electron chi connectivity index (χ2n) is 4.31. The van der Waals surface area contributed by atoms with Crippen LogP contribution in [0.2, 0.25) is 0 Å². The molecule has 0 fully saturated rings. The molecule has 0 saturated heterocycles. The summed E-state index contributed by atoms with van der Waals surface area (Å²) in [7, 11) is 1.84. The van der Waals surface area contributed by atoms with Crippen molar-refractivity contribution in [3.05, 3.63) is 47.5 Å². The van der Waals surface area contributed by atoms with Crippen molar-refractivity contribution in [3.8, 4) is 0 Å². The van der Waals surface area contributed by atoms with Crippen molar-refractivity contribution in [2.75, 3.05) is 12.3 Å². The first-order valence-electron chi connectivity index (χ1n) is 5.98. The summed E-state index contributed by atoms with van der Waals surface area (Å²) in [6.45, 7) is 0.322. The molecule has 5 nitrogen and oxygen atoms in total. The Morgan fingerprint density at radius 3 is 2.75 bits per heavy atom. The SMILES string of the molecule is Cn1ccnc1CCNC(=O)c1cc(F)c(F)cc1N. The van der Waals surface area contributed by atoms with Crippen LogP contribution in [0.4, 0.5) is 14.5 Å². The molecule has 1 aromatic carbocycles. The molecule has 0 unspecified atom stereocenters. The highest BCUT2D eigenvalue weighted by molar-refractivity contribution is 5.99. The molecular formula is C13H14F2N4O. The number of nitrogens with two attached hydrogens (primary N) is 1. The molecule has 0 aliphatic rings. The van der Waals surface area contributed by atoms with Crippen LogP contribution in [0.25, 0.3) is 0 Å². The summed E-state index contributed by atoms with van der Waals surface area (Å²) in [6, 6.07) is 1.59. The van der Waals surface area contributed by atoms with E-state index in [1.165, 1.54) is 0 Å². The number of hydrogen-bond donors (Lipinski definition) is 2. The lowest BCUT2D eigenvalue weighted by atomic mass is 10.1. The van der Waals surface area contributed by atoms with E-state index in [1.807, 2.05) is 11.6 Å². The quantitative estimate of drug-likeness (QED) is 0.828. The Kier molecular flexibility index (Phi) is 3.97. The predicted octanol–water partition coefficient (Wildman–Crippen LogP) is 1.25. The highest BCUT2D eigenvalue weighted by atomic mass is 19.2. The topological polar surface area (TPSA) is 72.9 Å². The van der Waals surface area contributed by atoms with Crippen molar-refractivity contribution in [1.29, 1.82) is 0 Å². The first-order chi connectivity index (χ1) is 9.49. The Morgan fingerprint density at radius 2 is 2.10 bits per heavy atom. The standard InChI is InChI=1S/C13H14F2N4O/c1-19-5-4-17-12(19)2-3-18-13(20)8-6-9(14)10(15)7-11(8)16/h4-7H,2-3,16H2,1H3,(H,18,20). The highest BCUT2D eigenvalue weighted by Crippen LogP contribution is 2.16. The number of nitrogens with zero attached hydrogens (tertiary/aromatic N) is 2. The van der Waals surface area contributed by atoms with Gasteiger partial charge in [0.25, 0.3) is 5.91 Å². The van der Waals surface area contributed by atoms with Crippen LogP contribution in [0.5, 0.6) is 0 Å². The molecule has 0 aliphatic heterocycles. The minimum absolute atomic E-state index is 0.0799. The van der Waals surface area contributed by atoms with Crippen LogP contribution in [0.15, 0.2) is 24.5 Å². The molecule has 1 heterocycles. The number of carbonyl (C=O) groups is 1. The highest BCUT2D eigenvalue weighted by Gasteiger charge is 2.14. The maximum absolute atomic E-state index is 13.1. The van der Waals surface area contributed by atoms with Gasteiger partial charge in [0.15, 0.2) is 11.6 Å². The van der Waals surface area contributed by atoms with Gasteiger partial charge in [-0.15, -0.1) is 0 Å². The van der Waals surface area contributed by atoms with Crippen LogP contribution < -0.4 is 11.1 Å². The third-order valence-corrected chi connectivity index (χ3v) is 2.89. The molecule has 0 bridgehead atoms. The van der Waals surface area contributed by atoms with Gasteiger partial charge in [0, 0.05) is 44.2 Å². The molecule has 0 saturated carbocycles. The summed E-state index contributed by atoms with van der Waals surface area (Å²) in [6.07, 6.45) is 3.98. The van der Waals surface area contributed by atoms with E-state index < -0.39 is 17.5 Å². The molecular weight excluding hydrogens is 266 g/mol. The first-order valence-corrected chi connectivity index (χ1v) is 5.98. The van der Waals surface area contributed by atoms with Crippen LogP contribution in [-0.2, 0) is 13.5 Å². The fourth-order valence-corrected chi connectivity index (χ4v) is 1.78. The maximum atomic E-state index is 13.1. The number of imidazole rings is 1. The zero-order valence-corrected chi connectivity index (χ0v) is 10.9. The number of rotatable bonds is 4. The average Bonchev–Trinajstić information content (AvgIpc) is 2.79. The van der Waals surface area contributed by atoms with Gasteiger partial charge in [0.05, 0.1) is 5.56 Å². The summed E-state index contributed by atoms with van der Waals surface area (Å²) >= 11 is 0. The van der Waals surface area contributed by atoms with Crippen molar-refractivity contribution < 1.29 is 13.6 Å². The molecule has 3 N–H and O–H groups in total. The number of amides is 1. The van der Waals surface area contributed by atoms with Crippen LogP contribution in [-0.4, -0.2) is 22.0 Å². The second-order valence-corrected chi connectivity index (χ2v) is 4.31. The van der Waals surface area contributed by atoms with Gasteiger partial charge in [-0.25, -0.2) is 13.8 Å². The van der Waals surface area contributed by atoms with Gasteiger partial charge in [0.2, 0.25) is 0 Å². The molecule has 1 aromatic heterocycles. The normalized spacial score (nSPS) is 10.6. The fraction of sp³-hybridized carbons (Fsp3) is 0.231. The smallest absolute Gasteiger partial charge is 0.253 e. The third kappa shape index (κ3) is 2.93. The largest absolute Gasteiger partial charge is 0.398 e. The average molecular weight is 280 g/mol. The molecule has 1 amide bonds. The zero-order valence-electron chi connectivity index (χ0n) is 10.9. The fourth-order valence-electron chi connectivity index (χ4n) is 1.78. The van der Waals surface area contributed by atoms with Gasteiger partial charge >= 0.3 is 0 Å². The van der Waals surface area contributed by atoms with Crippen molar-refractivity contribution in [3.63, 3.8) is 0 Å². The van der Waals surface area contributed by atoms with Gasteiger partial charge in [0.1, 0.15) is 5.82 Å². The van der Waals surface area contributed by atoms with Gasteiger partial charge in [-0.1, -0.05) is 0 Å². The second kappa shape index (κ2) is 5.68. The number of hydrogen-bond acceptors (Lipinski definition) is 3. The van der Waals surface area contributed by atoms with E-state index in [0.717, 1.165) is 18.0 Å². The molecule has 0 spiro atoms. The number of nitrogens with one attached hydrogen (secondary N) is 1. The van der Waals surface area contributed by atoms with Gasteiger partial charge in [-0.05, 0) is 6.07 Å². The van der Waals surface area contributed by atoms with E-state index in [9.17, 15) is 13.6 Å². The number of carbonyl (C=O) groups excluding carboxylic acids is 1. The number of nitrogen functional groups attached to an aromatic ring is 1. The summed E-state index contributed by atoms with van der Waals surface area (Å²) in [5.41, 5.74) is 5.32. The van der Waals surface area contributed by atoms with E-state index in [4.69, 9.17) is 5.73 Å². The zero-order chi connectivity index (χ0) is 14.7. The van der Waals surface area contributed by atoms with Crippen LogP contribution in [0, 0.1) is 11.6 Å². The lowest BCUT2D eigenvalue weighted by molar-refractivity contribution is 0.0954. The Morgan fingerprint density at radius 1 is 1.40 bits per heavy atom. The Balaban J connectivity index is 1.99. The van der Waals surface area contributed by atoms with E-state index in [2.05, 4.69) is 10.3 Å². The number of aryl methyl sites for hydroxylation is 1. The number of benzene rings is 1. The molecule has 0 aliphatic carbocycles. The van der Waals surface area contributed by atoms with Gasteiger partial charge in [-0.3, -0.25) is 4.79 Å². The molecule has 2 rings (SSSR count). The molecule has 20 heavy (non-hydrogen) atoms. The summed E-state index contributed by atoms with van der Waals surface area (Å²) in [5, 5.41) is 2.59. The Labute approximate surface area is 114 Å². The minimum Gasteiger partial charge on any atom is -0.398 e. The van der Waals surface area contributed by atoms with Crippen molar-refractivity contribution in [1.82, 2.24) is 14.9 Å². The summed E-state index contributed by atoms with van der Waals surface area (Å²) < 4.78 is 27.8. The Bertz CT molecular complexity index is 639. The summed E-state index contributed by atoms with van der Waals surface area (Å²) in [5.74, 6) is -1.92. The van der Waals surface area contributed by atoms with Crippen LogP contribution in [0.3, 0.4) is 0 Å². The lowest BCUT2D eigenvalue weighted by Crippen LogP contribution is -2.27. The monoisotopic (exact) mass is 280 g/mol. The van der Waals surface area contributed by atoms with E-state index >= 15 is 0 Å². The molecule has 0 atom stereocenters. The maximum Gasteiger partial charge on any atom is 0.253 e. The molecule has 7 heteroatoms. The predicted molar refractivity (Wildman–Crippen MR) is 70.0 cm³/mol. The lowest BCUT2D eigenvalue weighted by Gasteiger charge is -2.08. The van der Waals surface area contributed by atoms with Crippen molar-refractivity contribution >= 4 is 11.6 Å². The summed E-state index contributed by atoms with van der Waals surface area (Å²) in [4.78, 5) is 15.9. The third-order valence-electron chi connectivity index (χ3n) is 2.89. The van der Waals surface area contributed by atoms with E-state index in [-0.39, 0.29) is 11.3 Å². The van der Waals surface area contributed by atoms with Crippen molar-refractivity contribution in [2.24, 2.45) is 7.05 Å². The Hall–Kier alpha value is -2.44. The number of aromatic nitrogens is 2. The first kappa shape index (κ1) is 14.0. The molecule has 2 aromatic rings. The number of halogens is 2. The van der Waals surface area contributed by atoms with Gasteiger partial charge in [-0.2, -0.15) is 0 Å². The molecule has 0 radical (unpaired) electrons. The van der Waals surface area contributed by atoms with Crippen LogP contribution >= 0.6 is 0 Å². The van der Waals surface area contributed by atoms with E-state index in [0.29, 0.717) is 13.0 Å². The minimum atomic E-state index is -1.10. The van der Waals surface area contributed by atoms with Crippen molar-refractivity contribution in [2.45, 2.75) is 6.42 Å². The van der Waals surface area contributed by atoms with E-state index in [1.54, 1.807) is 12.4 Å². The van der Waals surface area contributed by atoms with Crippen LogP contribution in [0.1, 0.15) is 16.2 Å². The van der Waals surface area contributed by atoms with Gasteiger partial charge < -0.3 is 15.6 Å². The number of anilines is 1. The molecule has 106 valence electrons.